The van der Waals surface area contributed by atoms with Crippen molar-refractivity contribution in [2.24, 2.45) is 0 Å². The first-order valence-electron chi connectivity index (χ1n) is 7.24. The van der Waals surface area contributed by atoms with Crippen LogP contribution in [0.5, 0.6) is 5.75 Å². The lowest BCUT2D eigenvalue weighted by molar-refractivity contribution is 0.412. The van der Waals surface area contributed by atoms with E-state index >= 15 is 0 Å². The maximum absolute atomic E-state index is 6.32. The van der Waals surface area contributed by atoms with Gasteiger partial charge >= 0.3 is 0 Å². The quantitative estimate of drug-likeness (QED) is 0.843. The highest BCUT2D eigenvalue weighted by Crippen LogP contribution is 2.54. The van der Waals surface area contributed by atoms with Crippen molar-refractivity contribution in [1.82, 2.24) is 4.98 Å². The van der Waals surface area contributed by atoms with E-state index in [1.165, 1.54) is 24.0 Å². The highest BCUT2D eigenvalue weighted by molar-refractivity contribution is 6.33. The van der Waals surface area contributed by atoms with Crippen LogP contribution in [-0.2, 0) is 12.0 Å². The lowest BCUT2D eigenvalue weighted by atomic mass is 9.86. The molecule has 0 bridgehead atoms. The second kappa shape index (κ2) is 4.63. The standard InChI is InChI=1S/C17H17ClN2O/c1-21-13-3-2-12-10-20(16-4-7-19-9-15(16)18)11-17(5-6-17)14(12)8-13/h2-4,7-9H,5-6,10-11H2,1H3. The van der Waals surface area contributed by atoms with Gasteiger partial charge in [0.05, 0.1) is 17.8 Å². The SMILES string of the molecule is COc1ccc2c(c1)C1(CC1)CN(c1ccncc1Cl)C2. The number of pyridine rings is 1. The number of benzene rings is 1. The summed E-state index contributed by atoms with van der Waals surface area (Å²) < 4.78 is 5.39. The van der Waals surface area contributed by atoms with Crippen molar-refractivity contribution in [3.8, 4) is 5.75 Å². The average Bonchev–Trinajstić information content (AvgIpc) is 3.27. The second-order valence-corrected chi connectivity index (χ2v) is 6.39. The van der Waals surface area contributed by atoms with E-state index in [1.807, 2.05) is 18.3 Å². The maximum Gasteiger partial charge on any atom is 0.119 e. The largest absolute Gasteiger partial charge is 0.497 e. The summed E-state index contributed by atoms with van der Waals surface area (Å²) in [6, 6.07) is 8.46. The summed E-state index contributed by atoms with van der Waals surface area (Å²) in [5, 5.41) is 0.727. The van der Waals surface area contributed by atoms with Gasteiger partial charge in [-0.15, -0.1) is 0 Å². The van der Waals surface area contributed by atoms with Crippen molar-refractivity contribution in [2.45, 2.75) is 24.8 Å². The van der Waals surface area contributed by atoms with Crippen molar-refractivity contribution < 1.29 is 4.74 Å². The summed E-state index contributed by atoms with van der Waals surface area (Å²) >= 11 is 6.32. The van der Waals surface area contributed by atoms with Crippen LogP contribution in [0.15, 0.2) is 36.7 Å². The van der Waals surface area contributed by atoms with Gasteiger partial charge in [0.2, 0.25) is 0 Å². The van der Waals surface area contributed by atoms with Gasteiger partial charge in [-0.3, -0.25) is 4.98 Å². The molecule has 2 aromatic rings. The Morgan fingerprint density at radius 3 is 2.86 bits per heavy atom. The highest BCUT2D eigenvalue weighted by Gasteiger charge is 2.49. The Balaban J connectivity index is 1.75. The third-order valence-electron chi connectivity index (χ3n) is 4.69. The number of hydrogen-bond donors (Lipinski definition) is 0. The minimum Gasteiger partial charge on any atom is -0.497 e. The van der Waals surface area contributed by atoms with E-state index < -0.39 is 0 Å². The van der Waals surface area contributed by atoms with Crippen LogP contribution in [0.2, 0.25) is 5.02 Å². The number of aromatic nitrogens is 1. The monoisotopic (exact) mass is 300 g/mol. The Hall–Kier alpha value is -1.74. The Kier molecular flexibility index (Phi) is 2.86. The maximum atomic E-state index is 6.32. The number of nitrogens with zero attached hydrogens (tertiary/aromatic N) is 2. The third kappa shape index (κ3) is 2.07. The number of fused-ring (bicyclic) bond motifs is 2. The van der Waals surface area contributed by atoms with Gasteiger partial charge in [-0.05, 0) is 42.2 Å². The van der Waals surface area contributed by atoms with Crippen LogP contribution in [0.4, 0.5) is 5.69 Å². The molecule has 4 heteroatoms. The van der Waals surface area contributed by atoms with Crippen LogP contribution in [0.3, 0.4) is 0 Å². The molecule has 1 aromatic carbocycles. The van der Waals surface area contributed by atoms with Crippen LogP contribution < -0.4 is 9.64 Å². The first kappa shape index (κ1) is 13.0. The van der Waals surface area contributed by atoms with Crippen molar-refractivity contribution in [3.05, 3.63) is 52.8 Å². The Bertz CT molecular complexity index is 697. The van der Waals surface area contributed by atoms with E-state index in [2.05, 4.69) is 22.0 Å². The lowest BCUT2D eigenvalue weighted by Gasteiger charge is -2.37. The molecule has 21 heavy (non-hydrogen) atoms. The smallest absolute Gasteiger partial charge is 0.119 e. The van der Waals surface area contributed by atoms with E-state index in [4.69, 9.17) is 16.3 Å². The molecule has 1 spiro atoms. The number of ether oxygens (including phenoxy) is 1. The normalized spacial score (nSPS) is 18.5. The molecule has 1 aromatic heterocycles. The molecule has 0 saturated heterocycles. The molecule has 2 heterocycles. The molecular formula is C17H17ClN2O. The van der Waals surface area contributed by atoms with E-state index in [0.717, 1.165) is 29.5 Å². The predicted octanol–water partition coefficient (Wildman–Crippen LogP) is 3.80. The number of rotatable bonds is 2. The first-order valence-corrected chi connectivity index (χ1v) is 7.61. The summed E-state index contributed by atoms with van der Waals surface area (Å²) in [7, 11) is 1.73. The van der Waals surface area contributed by atoms with Gasteiger partial charge in [0, 0.05) is 30.9 Å². The molecule has 0 atom stereocenters. The topological polar surface area (TPSA) is 25.4 Å². The molecule has 4 rings (SSSR count). The van der Waals surface area contributed by atoms with Crippen molar-refractivity contribution in [3.63, 3.8) is 0 Å². The lowest BCUT2D eigenvalue weighted by Crippen LogP contribution is -2.38. The fourth-order valence-electron chi connectivity index (χ4n) is 3.40. The summed E-state index contributed by atoms with van der Waals surface area (Å²) in [5.41, 5.74) is 4.21. The Morgan fingerprint density at radius 2 is 2.14 bits per heavy atom. The van der Waals surface area contributed by atoms with Crippen molar-refractivity contribution >= 4 is 17.3 Å². The number of methoxy groups -OCH3 is 1. The van der Waals surface area contributed by atoms with Crippen LogP contribution in [0, 0.1) is 0 Å². The molecule has 0 radical (unpaired) electrons. The fourth-order valence-corrected chi connectivity index (χ4v) is 3.64. The third-order valence-corrected chi connectivity index (χ3v) is 4.98. The van der Waals surface area contributed by atoms with Crippen molar-refractivity contribution in [1.29, 1.82) is 0 Å². The molecule has 0 N–H and O–H groups in total. The van der Waals surface area contributed by atoms with Crippen LogP contribution in [0.25, 0.3) is 0 Å². The fraction of sp³-hybridized carbons (Fsp3) is 0.353. The molecule has 1 saturated carbocycles. The van der Waals surface area contributed by atoms with Gasteiger partial charge in [-0.2, -0.15) is 0 Å². The second-order valence-electron chi connectivity index (χ2n) is 5.99. The molecule has 0 unspecified atom stereocenters. The van der Waals surface area contributed by atoms with E-state index in [-0.39, 0.29) is 5.41 Å². The van der Waals surface area contributed by atoms with Gasteiger partial charge in [-0.25, -0.2) is 0 Å². The number of anilines is 1. The van der Waals surface area contributed by atoms with Gasteiger partial charge in [0.1, 0.15) is 5.75 Å². The molecule has 3 nitrogen and oxygen atoms in total. The molecular weight excluding hydrogens is 284 g/mol. The minimum absolute atomic E-state index is 0.286. The first-order chi connectivity index (χ1) is 10.2. The Labute approximate surface area is 129 Å². The number of hydrogen-bond acceptors (Lipinski definition) is 3. The van der Waals surface area contributed by atoms with Crippen LogP contribution >= 0.6 is 11.6 Å². The van der Waals surface area contributed by atoms with Crippen molar-refractivity contribution in [2.75, 3.05) is 18.6 Å². The summed E-state index contributed by atoms with van der Waals surface area (Å²) in [4.78, 5) is 6.46. The van der Waals surface area contributed by atoms with Crippen LogP contribution in [0.1, 0.15) is 24.0 Å². The summed E-state index contributed by atoms with van der Waals surface area (Å²) in [5.74, 6) is 0.954. The molecule has 0 amide bonds. The van der Waals surface area contributed by atoms with Crippen LogP contribution in [-0.4, -0.2) is 18.6 Å². The van der Waals surface area contributed by atoms with E-state index in [9.17, 15) is 0 Å². The van der Waals surface area contributed by atoms with E-state index in [0.29, 0.717) is 0 Å². The number of halogens is 1. The molecule has 1 aliphatic heterocycles. The zero-order valence-corrected chi connectivity index (χ0v) is 12.7. The van der Waals surface area contributed by atoms with Gasteiger partial charge in [0.15, 0.2) is 0 Å². The summed E-state index contributed by atoms with van der Waals surface area (Å²) in [6.07, 6.45) is 6.02. The van der Waals surface area contributed by atoms with Gasteiger partial charge < -0.3 is 9.64 Å². The zero-order valence-electron chi connectivity index (χ0n) is 12.0. The summed E-state index contributed by atoms with van der Waals surface area (Å²) in [6.45, 7) is 1.92. The predicted molar refractivity (Wildman–Crippen MR) is 84.2 cm³/mol. The van der Waals surface area contributed by atoms with Gasteiger partial charge in [-0.1, -0.05) is 17.7 Å². The Morgan fingerprint density at radius 1 is 1.29 bits per heavy atom. The molecule has 2 aliphatic rings. The van der Waals surface area contributed by atoms with Gasteiger partial charge in [0.25, 0.3) is 0 Å². The average molecular weight is 301 g/mol. The molecule has 1 fully saturated rings. The highest BCUT2D eigenvalue weighted by atomic mass is 35.5. The van der Waals surface area contributed by atoms with E-state index in [1.54, 1.807) is 13.3 Å². The zero-order chi connectivity index (χ0) is 14.4. The molecule has 108 valence electrons. The molecule has 1 aliphatic carbocycles. The minimum atomic E-state index is 0.286.